The number of thiazole rings is 1. The smallest absolute Gasteiger partial charge is 0.313 e. The van der Waals surface area contributed by atoms with Gasteiger partial charge in [0.15, 0.2) is 0 Å². The number of rotatable bonds is 12. The van der Waals surface area contributed by atoms with Crippen LogP contribution in [0, 0.1) is 56.7 Å². The molecule has 0 bridgehead atoms. The van der Waals surface area contributed by atoms with Gasteiger partial charge in [-0.05, 0) is 162 Å². The summed E-state index contributed by atoms with van der Waals surface area (Å²) in [4.78, 5) is 30.1. The van der Waals surface area contributed by atoms with E-state index in [-0.39, 0.29) is 39.7 Å². The number of ether oxygens (including phenoxy) is 2. The number of fused-ring (bicyclic) bond motifs is 7. The Morgan fingerprint density at radius 1 is 1.02 bits per heavy atom. The molecule has 1 aliphatic heterocycles. The van der Waals surface area contributed by atoms with E-state index >= 15 is 0 Å². The van der Waals surface area contributed by atoms with Gasteiger partial charge < -0.3 is 24.8 Å². The maximum atomic E-state index is 12.8. The highest BCUT2D eigenvalue weighted by Crippen LogP contribution is 2.76. The molecule has 0 radical (unpaired) electrons. The highest BCUT2D eigenvalue weighted by Gasteiger charge is 2.70. The van der Waals surface area contributed by atoms with Crippen molar-refractivity contribution in [1.29, 1.82) is 0 Å². The molecule has 7 aliphatic rings. The van der Waals surface area contributed by atoms with E-state index in [0.29, 0.717) is 60.5 Å². The Balaban J connectivity index is 0.997. The van der Waals surface area contributed by atoms with Gasteiger partial charge in [0.25, 0.3) is 11.7 Å². The van der Waals surface area contributed by atoms with Crippen molar-refractivity contribution in [1.82, 2.24) is 15.2 Å². The maximum Gasteiger partial charge on any atom is 0.313 e. The lowest BCUT2D eigenvalue weighted by atomic mass is 9.33. The molecule has 1 saturated heterocycles. The van der Waals surface area contributed by atoms with E-state index in [0.717, 1.165) is 44.1 Å². The Kier molecular flexibility index (Phi) is 11.3. The molecule has 0 spiro atoms. The van der Waals surface area contributed by atoms with Crippen LogP contribution in [0.1, 0.15) is 119 Å². The van der Waals surface area contributed by atoms with Gasteiger partial charge >= 0.3 is 5.97 Å². The molecule has 4 saturated carbocycles. The van der Waals surface area contributed by atoms with E-state index in [1.165, 1.54) is 79.4 Å². The Bertz CT molecular complexity index is 1990. The van der Waals surface area contributed by atoms with Gasteiger partial charge in [-0.15, -0.1) is 0 Å². The topological polar surface area (TPSA) is 118 Å². The quantitative estimate of drug-likeness (QED) is 0.121. The summed E-state index contributed by atoms with van der Waals surface area (Å²) in [6.07, 6.45) is 17.6. The van der Waals surface area contributed by atoms with Crippen LogP contribution in [0.4, 0.5) is 0 Å². The lowest BCUT2D eigenvalue weighted by Gasteiger charge is -2.72. The van der Waals surface area contributed by atoms with E-state index in [4.69, 9.17) is 9.47 Å². The Morgan fingerprint density at radius 3 is 2.46 bits per heavy atom. The minimum Gasteiger partial charge on any atom is -0.481 e. The number of hydrogen-bond acceptors (Lipinski definition) is 9. The monoisotopic (exact) mass is 849 g/mol. The average molecular weight is 850 g/mol. The minimum absolute atomic E-state index is 0.0197. The molecule has 8 rings (SSSR count). The number of allylic oxidation sites excluding steroid dienone is 5. The van der Waals surface area contributed by atoms with Gasteiger partial charge in [-0.3, -0.25) is 13.8 Å². The largest absolute Gasteiger partial charge is 0.481 e. The summed E-state index contributed by atoms with van der Waals surface area (Å²) in [5.74, 6) is 7.84. The summed E-state index contributed by atoms with van der Waals surface area (Å²) in [6, 6.07) is 0. The number of carboxylic acids is 1. The van der Waals surface area contributed by atoms with Gasteiger partial charge in [0.05, 0.1) is 5.38 Å². The number of aliphatic carboxylic acids is 1. The highest BCUT2D eigenvalue weighted by atomic mass is 32.2. The molecule has 326 valence electrons. The third-order valence-electron chi connectivity index (χ3n) is 18.6. The second kappa shape index (κ2) is 15.4. The number of carboxylic acid groups (broad SMARTS) is 1. The van der Waals surface area contributed by atoms with E-state index in [1.54, 1.807) is 5.38 Å². The zero-order valence-electron chi connectivity index (χ0n) is 36.7. The minimum atomic E-state index is -1.88. The summed E-state index contributed by atoms with van der Waals surface area (Å²) < 4.78 is 23.3. The second-order valence-corrected chi connectivity index (χ2v) is 25.1. The molecule has 9 nitrogen and oxygen atoms in total. The second-order valence-electron chi connectivity index (χ2n) is 21.5. The fourth-order valence-corrected chi connectivity index (χ4v) is 17.2. The molecule has 2 heterocycles. The average Bonchev–Trinajstić information content (AvgIpc) is 3.80. The predicted octanol–water partition coefficient (Wildman–Crippen LogP) is 8.81. The van der Waals surface area contributed by atoms with E-state index in [9.17, 15) is 18.9 Å². The summed E-state index contributed by atoms with van der Waals surface area (Å²) in [5.41, 5.74) is 3.98. The first-order chi connectivity index (χ1) is 27.8. The van der Waals surface area contributed by atoms with E-state index in [2.05, 4.69) is 81.3 Å². The first-order valence-electron chi connectivity index (χ1n) is 22.6. The standard InChI is InChI=1S/C48H71N3O6S2/c1-32(2)34-13-20-48(49-23-24-51-25-27-59(8,55)28-26-51)22-21-45(6)36(40(34)48)9-10-38-44(5)16-14-35(43(3,4)37(44)15-17-46(38,45)7)33-11-18-47(19-12-33,41(53)54)30-56-42-50-39(29-58-42)57-31-52/h11,14,29,31,34,36-38,40,49H,1,8-10,12-13,15-28,30H2,2-7H3,(H,53,54)/t34-,36+,37-,38+,40+,44-,45+,46+,47?,48-/m0/s1. The van der Waals surface area contributed by atoms with Gasteiger partial charge in [0.1, 0.15) is 12.0 Å². The molecule has 0 aromatic carbocycles. The molecule has 5 fully saturated rings. The van der Waals surface area contributed by atoms with Crippen molar-refractivity contribution in [2.75, 3.05) is 44.3 Å². The van der Waals surface area contributed by atoms with Crippen molar-refractivity contribution < 1.29 is 28.4 Å². The Labute approximate surface area is 358 Å². The fraction of sp³-hybridized carbons (Fsp3) is 0.750. The van der Waals surface area contributed by atoms with Crippen molar-refractivity contribution in [2.24, 2.45) is 56.7 Å². The lowest BCUT2D eigenvalue weighted by Crippen LogP contribution is -2.68. The molecule has 10 atom stereocenters. The number of carbonyl (C=O) groups is 2. The third-order valence-corrected chi connectivity index (χ3v) is 21.2. The predicted molar refractivity (Wildman–Crippen MR) is 238 cm³/mol. The number of aromatic nitrogens is 1. The van der Waals surface area contributed by atoms with Crippen molar-refractivity contribution in [3.8, 4) is 11.1 Å². The van der Waals surface area contributed by atoms with Gasteiger partial charge in [-0.2, -0.15) is 4.98 Å². The van der Waals surface area contributed by atoms with Crippen molar-refractivity contribution in [3.05, 3.63) is 40.8 Å². The van der Waals surface area contributed by atoms with Crippen LogP contribution in [-0.4, -0.2) is 87.3 Å². The first kappa shape index (κ1) is 43.2. The van der Waals surface area contributed by atoms with Crippen LogP contribution < -0.4 is 14.8 Å². The van der Waals surface area contributed by atoms with E-state index in [1.807, 2.05) is 0 Å². The van der Waals surface area contributed by atoms with Crippen molar-refractivity contribution in [2.45, 2.75) is 124 Å². The zero-order chi connectivity index (χ0) is 42.2. The van der Waals surface area contributed by atoms with Crippen LogP contribution in [0.15, 0.2) is 40.8 Å². The highest BCUT2D eigenvalue weighted by molar-refractivity contribution is 8.00. The molecule has 6 aliphatic carbocycles. The molecule has 59 heavy (non-hydrogen) atoms. The van der Waals surface area contributed by atoms with Crippen LogP contribution in [0.3, 0.4) is 0 Å². The molecule has 1 unspecified atom stereocenters. The number of nitrogens with one attached hydrogen (secondary N) is 1. The van der Waals surface area contributed by atoms with Crippen molar-refractivity contribution >= 4 is 39.2 Å². The summed E-state index contributed by atoms with van der Waals surface area (Å²) in [7, 11) is -1.88. The van der Waals surface area contributed by atoms with Gasteiger partial charge in [-0.1, -0.05) is 70.3 Å². The SMILES string of the molecule is C=C(C)[C@@H]1CC[C@]2(NCCN3CCS(=C)(=O)CC3)CC[C@]3(C)[C@H](CC[C@@H]4[C@@]5(C)CC=C(C6=CCC(COc7nc(OC=O)cs7)(C(=O)O)CC6)C(C)(C)[C@@H]5CC[C@]43C)[C@@H]12. The fourth-order valence-electron chi connectivity index (χ4n) is 15.2. The number of carbonyl (C=O) groups excluding carboxylic acids is 1. The summed E-state index contributed by atoms with van der Waals surface area (Å²) >= 11 is 1.20. The van der Waals surface area contributed by atoms with Gasteiger partial charge in [0, 0.05) is 43.2 Å². The Morgan fingerprint density at radius 2 is 1.78 bits per heavy atom. The molecule has 0 amide bonds. The van der Waals surface area contributed by atoms with Crippen LogP contribution in [0.25, 0.3) is 0 Å². The first-order valence-corrected chi connectivity index (χ1v) is 25.6. The number of hydrogen-bond donors (Lipinski definition) is 2. The van der Waals surface area contributed by atoms with Crippen LogP contribution in [0.2, 0.25) is 0 Å². The molecule has 1 aromatic rings. The van der Waals surface area contributed by atoms with Crippen LogP contribution >= 0.6 is 11.3 Å². The molecule has 1 aromatic heterocycles. The van der Waals surface area contributed by atoms with Gasteiger partial charge in [0.2, 0.25) is 5.88 Å². The normalized spacial score (nSPS) is 41.2. The molecule has 11 heteroatoms. The zero-order valence-corrected chi connectivity index (χ0v) is 38.4. The Hall–Kier alpha value is -2.47. The van der Waals surface area contributed by atoms with E-state index < -0.39 is 20.9 Å². The third kappa shape index (κ3) is 7.12. The number of nitrogens with zero attached hydrogens (tertiary/aromatic N) is 2. The van der Waals surface area contributed by atoms with Gasteiger partial charge in [-0.25, -0.2) is 0 Å². The summed E-state index contributed by atoms with van der Waals surface area (Å²) in [5, 5.41) is 16.6. The summed E-state index contributed by atoms with van der Waals surface area (Å²) in [6.45, 7) is 24.2. The van der Waals surface area contributed by atoms with Crippen LogP contribution in [-0.2, 0) is 19.1 Å². The maximum absolute atomic E-state index is 12.8. The van der Waals surface area contributed by atoms with Crippen LogP contribution in [0.5, 0.6) is 11.1 Å². The lowest BCUT2D eigenvalue weighted by molar-refractivity contribution is -0.221. The van der Waals surface area contributed by atoms with Crippen molar-refractivity contribution in [3.63, 3.8) is 0 Å². The molecular formula is C48H71N3O6S2. The molecular weight excluding hydrogens is 779 g/mol. The molecule has 2 N–H and O–H groups in total.